The Hall–Kier alpha value is -4.54. The van der Waals surface area contributed by atoms with E-state index >= 15 is 0 Å². The lowest BCUT2D eigenvalue weighted by atomic mass is 10.1. The zero-order valence-electron chi connectivity index (χ0n) is 19.1. The smallest absolute Gasteiger partial charge is 0.263 e. The number of hydrogen-bond donors (Lipinski definition) is 2. The van der Waals surface area contributed by atoms with Crippen LogP contribution in [0.1, 0.15) is 27.1 Å². The third kappa shape index (κ3) is 4.60. The fourth-order valence-electron chi connectivity index (χ4n) is 3.84. The van der Waals surface area contributed by atoms with E-state index in [4.69, 9.17) is 14.2 Å². The first-order valence-electron chi connectivity index (χ1n) is 11.0. The lowest BCUT2D eigenvalue weighted by Crippen LogP contribution is -2.35. The van der Waals surface area contributed by atoms with Gasteiger partial charge in [-0.3, -0.25) is 19.5 Å². The predicted molar refractivity (Wildman–Crippen MR) is 124 cm³/mol. The zero-order chi connectivity index (χ0) is 24.5. The topological polar surface area (TPSA) is 126 Å². The standard InChI is InChI=1S/C24H23N5O6/c1-28-8-6-19(24(28)32)35-17-10-14(22(30)26-21-5-7-25-27-21)9-16(11-17)34-15-3-4-18-20(12-15)33-13-29(2)23(18)31/h3-5,7,9-12,19H,6,8,13H2,1-2H3,(H2,25,26,27,30)/t19-/m0/s1. The van der Waals surface area contributed by atoms with Gasteiger partial charge in [0.1, 0.15) is 23.0 Å². The molecule has 1 aromatic heterocycles. The van der Waals surface area contributed by atoms with Gasteiger partial charge in [0, 0.05) is 57.0 Å². The highest BCUT2D eigenvalue weighted by Gasteiger charge is 2.31. The zero-order valence-corrected chi connectivity index (χ0v) is 19.1. The van der Waals surface area contributed by atoms with E-state index in [-0.39, 0.29) is 24.1 Å². The number of rotatable bonds is 6. The quantitative estimate of drug-likeness (QED) is 0.559. The SMILES string of the molecule is CN1COc2cc(Oc3cc(O[C@H]4CCN(C)C4=O)cc(C(=O)Nc4cc[nH]n4)c3)ccc2C1=O. The lowest BCUT2D eigenvalue weighted by molar-refractivity contribution is -0.132. The van der Waals surface area contributed by atoms with E-state index < -0.39 is 12.0 Å². The number of H-pyrrole nitrogens is 1. The molecule has 2 aromatic carbocycles. The fraction of sp³-hybridized carbons (Fsp3) is 0.250. The van der Waals surface area contributed by atoms with Crippen molar-refractivity contribution in [2.45, 2.75) is 12.5 Å². The summed E-state index contributed by atoms with van der Waals surface area (Å²) in [5.74, 6) is 1.12. The minimum atomic E-state index is -0.641. The molecule has 3 amide bonds. The number of aromatic amines is 1. The summed E-state index contributed by atoms with van der Waals surface area (Å²) < 4.78 is 17.6. The molecule has 35 heavy (non-hydrogen) atoms. The summed E-state index contributed by atoms with van der Waals surface area (Å²) in [6.07, 6.45) is 1.49. The molecule has 0 radical (unpaired) electrons. The summed E-state index contributed by atoms with van der Waals surface area (Å²) in [6, 6.07) is 11.2. The summed E-state index contributed by atoms with van der Waals surface area (Å²) in [7, 11) is 3.37. The molecule has 2 aliphatic heterocycles. The van der Waals surface area contributed by atoms with Gasteiger partial charge in [-0.25, -0.2) is 0 Å². The Balaban J connectivity index is 1.43. The van der Waals surface area contributed by atoms with Crippen LogP contribution in [0.25, 0.3) is 0 Å². The van der Waals surface area contributed by atoms with Crippen LogP contribution < -0.4 is 19.5 Å². The predicted octanol–water partition coefficient (Wildman–Crippen LogP) is 2.49. The highest BCUT2D eigenvalue weighted by atomic mass is 16.5. The van der Waals surface area contributed by atoms with Gasteiger partial charge in [0.05, 0.1) is 5.56 Å². The third-order valence-corrected chi connectivity index (χ3v) is 5.72. The summed E-state index contributed by atoms with van der Waals surface area (Å²) >= 11 is 0. The van der Waals surface area contributed by atoms with E-state index in [9.17, 15) is 14.4 Å². The number of aromatic nitrogens is 2. The maximum absolute atomic E-state index is 12.9. The molecule has 180 valence electrons. The number of fused-ring (bicyclic) bond motifs is 1. The molecule has 3 aromatic rings. The Labute approximate surface area is 200 Å². The molecule has 0 unspecified atom stereocenters. The molecule has 0 spiro atoms. The minimum Gasteiger partial charge on any atom is -0.480 e. The second kappa shape index (κ2) is 9.01. The van der Waals surface area contributed by atoms with Crippen molar-refractivity contribution in [2.75, 3.05) is 32.7 Å². The van der Waals surface area contributed by atoms with Crippen LogP contribution in [0.4, 0.5) is 5.82 Å². The maximum atomic E-state index is 12.9. The summed E-state index contributed by atoms with van der Waals surface area (Å²) in [5.41, 5.74) is 0.691. The number of benzene rings is 2. The maximum Gasteiger partial charge on any atom is 0.263 e. The Morgan fingerprint density at radius 2 is 1.91 bits per heavy atom. The van der Waals surface area contributed by atoms with Crippen molar-refractivity contribution >= 4 is 23.5 Å². The van der Waals surface area contributed by atoms with E-state index in [1.807, 2.05) is 0 Å². The van der Waals surface area contributed by atoms with Crippen molar-refractivity contribution in [1.29, 1.82) is 0 Å². The van der Waals surface area contributed by atoms with Crippen molar-refractivity contribution in [3.8, 4) is 23.0 Å². The average molecular weight is 477 g/mol. The Morgan fingerprint density at radius 1 is 1.09 bits per heavy atom. The number of hydrogen-bond acceptors (Lipinski definition) is 7. The van der Waals surface area contributed by atoms with Crippen LogP contribution in [0.3, 0.4) is 0 Å². The Kier molecular flexibility index (Phi) is 5.73. The monoisotopic (exact) mass is 477 g/mol. The van der Waals surface area contributed by atoms with Gasteiger partial charge in [0.25, 0.3) is 17.7 Å². The number of ether oxygens (including phenoxy) is 3. The van der Waals surface area contributed by atoms with Gasteiger partial charge in [-0.15, -0.1) is 0 Å². The Bertz CT molecular complexity index is 1290. The number of amides is 3. The molecule has 0 bridgehead atoms. The van der Waals surface area contributed by atoms with Crippen LogP contribution in [0.5, 0.6) is 23.0 Å². The number of carbonyl (C=O) groups is 3. The highest BCUT2D eigenvalue weighted by molar-refractivity contribution is 6.04. The van der Waals surface area contributed by atoms with Gasteiger partial charge in [0.2, 0.25) is 0 Å². The fourth-order valence-corrected chi connectivity index (χ4v) is 3.84. The van der Waals surface area contributed by atoms with Gasteiger partial charge < -0.3 is 29.3 Å². The molecule has 0 saturated carbocycles. The van der Waals surface area contributed by atoms with E-state index in [2.05, 4.69) is 15.5 Å². The van der Waals surface area contributed by atoms with E-state index in [0.717, 1.165) is 0 Å². The number of likely N-dealkylation sites (tertiary alicyclic amines) is 1. The molecule has 3 heterocycles. The van der Waals surface area contributed by atoms with Crippen LogP contribution >= 0.6 is 0 Å². The van der Waals surface area contributed by atoms with Crippen LogP contribution in [0, 0.1) is 0 Å². The molecular weight excluding hydrogens is 454 g/mol. The number of nitrogens with zero attached hydrogens (tertiary/aromatic N) is 3. The number of anilines is 1. The van der Waals surface area contributed by atoms with Crippen molar-refractivity contribution < 1.29 is 28.6 Å². The molecule has 1 fully saturated rings. The van der Waals surface area contributed by atoms with Crippen molar-refractivity contribution in [2.24, 2.45) is 0 Å². The first kappa shape index (κ1) is 22.3. The number of carbonyl (C=O) groups excluding carboxylic acids is 3. The van der Waals surface area contributed by atoms with Crippen LogP contribution in [-0.2, 0) is 4.79 Å². The second-order valence-electron chi connectivity index (χ2n) is 8.30. The van der Waals surface area contributed by atoms with Gasteiger partial charge in [-0.1, -0.05) is 0 Å². The van der Waals surface area contributed by atoms with Gasteiger partial charge in [-0.05, 0) is 24.3 Å². The molecule has 0 aliphatic carbocycles. The summed E-state index contributed by atoms with van der Waals surface area (Å²) in [4.78, 5) is 40.6. The normalized spacial score (nSPS) is 17.1. The highest BCUT2D eigenvalue weighted by Crippen LogP contribution is 2.34. The van der Waals surface area contributed by atoms with Crippen molar-refractivity contribution in [3.63, 3.8) is 0 Å². The van der Waals surface area contributed by atoms with Crippen molar-refractivity contribution in [1.82, 2.24) is 20.0 Å². The second-order valence-corrected chi connectivity index (χ2v) is 8.30. The molecule has 5 rings (SSSR count). The summed E-state index contributed by atoms with van der Waals surface area (Å²) in [6.45, 7) is 0.731. The molecule has 1 saturated heterocycles. The van der Waals surface area contributed by atoms with Crippen molar-refractivity contribution in [3.05, 3.63) is 59.8 Å². The van der Waals surface area contributed by atoms with Crippen LogP contribution in [0.2, 0.25) is 0 Å². The number of nitrogens with one attached hydrogen (secondary N) is 2. The first-order valence-corrected chi connectivity index (χ1v) is 11.0. The molecular formula is C24H23N5O6. The molecule has 11 nitrogen and oxygen atoms in total. The first-order chi connectivity index (χ1) is 16.9. The van der Waals surface area contributed by atoms with Gasteiger partial charge in [-0.2, -0.15) is 5.10 Å². The Morgan fingerprint density at radius 3 is 2.66 bits per heavy atom. The molecule has 2 N–H and O–H groups in total. The minimum absolute atomic E-state index is 0.125. The van der Waals surface area contributed by atoms with Gasteiger partial charge >= 0.3 is 0 Å². The largest absolute Gasteiger partial charge is 0.480 e. The molecule has 2 aliphatic rings. The van der Waals surface area contributed by atoms with E-state index in [1.54, 1.807) is 67.7 Å². The van der Waals surface area contributed by atoms with E-state index in [1.165, 1.54) is 4.90 Å². The third-order valence-electron chi connectivity index (χ3n) is 5.72. The van der Waals surface area contributed by atoms with Gasteiger partial charge in [0.15, 0.2) is 18.7 Å². The molecule has 1 atom stereocenters. The molecule has 11 heteroatoms. The van der Waals surface area contributed by atoms with Crippen LogP contribution in [0.15, 0.2) is 48.7 Å². The number of likely N-dealkylation sites (N-methyl/N-ethyl adjacent to an activating group) is 1. The van der Waals surface area contributed by atoms with Crippen LogP contribution in [-0.4, -0.2) is 71.2 Å². The summed E-state index contributed by atoms with van der Waals surface area (Å²) in [5, 5.41) is 9.25. The van der Waals surface area contributed by atoms with E-state index in [0.29, 0.717) is 47.3 Å². The average Bonchev–Trinajstić information content (AvgIpc) is 3.47. The lowest BCUT2D eigenvalue weighted by Gasteiger charge is -2.25.